The molecule has 0 amide bonds. The van der Waals surface area contributed by atoms with E-state index < -0.39 is 15.8 Å². The summed E-state index contributed by atoms with van der Waals surface area (Å²) in [7, 11) is -1.93. The predicted molar refractivity (Wildman–Crippen MR) is 78.7 cm³/mol. The summed E-state index contributed by atoms with van der Waals surface area (Å²) in [5.41, 5.74) is 0.594. The highest BCUT2D eigenvalue weighted by Gasteiger charge is 2.43. The summed E-state index contributed by atoms with van der Waals surface area (Å²) in [6.07, 6.45) is 4.37. The van der Waals surface area contributed by atoms with Gasteiger partial charge in [0.2, 0.25) is 10.0 Å². The molecule has 0 heterocycles. The van der Waals surface area contributed by atoms with Crippen LogP contribution in [0.15, 0.2) is 23.1 Å². The fourth-order valence-electron chi connectivity index (χ4n) is 2.85. The van der Waals surface area contributed by atoms with Crippen molar-refractivity contribution >= 4 is 10.0 Å². The minimum Gasteiger partial charge on any atom is -0.316 e. The molecule has 0 atom stereocenters. The Bertz CT molecular complexity index is 613. The van der Waals surface area contributed by atoms with Crippen molar-refractivity contribution in [3.05, 3.63) is 29.6 Å². The second kappa shape index (κ2) is 5.66. The maximum atomic E-state index is 13.5. The van der Waals surface area contributed by atoms with Crippen LogP contribution in [-0.2, 0) is 16.6 Å². The van der Waals surface area contributed by atoms with Crippen molar-refractivity contribution in [1.82, 2.24) is 10.0 Å². The molecule has 2 fully saturated rings. The Hall–Kier alpha value is -0.980. The van der Waals surface area contributed by atoms with Crippen molar-refractivity contribution in [2.45, 2.75) is 43.2 Å². The second-order valence-corrected chi connectivity index (χ2v) is 7.79. The van der Waals surface area contributed by atoms with Gasteiger partial charge in [0.15, 0.2) is 0 Å². The second-order valence-electron chi connectivity index (χ2n) is 6.10. The summed E-state index contributed by atoms with van der Waals surface area (Å²) in [4.78, 5) is 0.0585. The third kappa shape index (κ3) is 3.44. The zero-order chi connectivity index (χ0) is 15.0. The molecule has 1 aromatic carbocycles. The van der Waals surface area contributed by atoms with Gasteiger partial charge >= 0.3 is 0 Å². The highest BCUT2D eigenvalue weighted by Crippen LogP contribution is 2.45. The molecule has 2 aliphatic carbocycles. The standard InChI is InChI=1S/C15H21FN2O2S/c1-17-9-12-6-7-13(16)8-14(12)21(19,20)18-15(10-2-3-10)11-4-5-11/h6-8,10-11,15,17-18H,2-5,9H2,1H3. The van der Waals surface area contributed by atoms with Crippen LogP contribution in [0.2, 0.25) is 0 Å². The average Bonchev–Trinajstić information content (AvgIpc) is 3.30. The van der Waals surface area contributed by atoms with Gasteiger partial charge in [0.1, 0.15) is 5.82 Å². The molecule has 6 heteroatoms. The van der Waals surface area contributed by atoms with Crippen molar-refractivity contribution in [1.29, 1.82) is 0 Å². The van der Waals surface area contributed by atoms with Gasteiger partial charge in [-0.25, -0.2) is 17.5 Å². The number of halogens is 1. The lowest BCUT2D eigenvalue weighted by molar-refractivity contribution is 0.470. The Labute approximate surface area is 125 Å². The van der Waals surface area contributed by atoms with E-state index >= 15 is 0 Å². The Balaban J connectivity index is 1.87. The van der Waals surface area contributed by atoms with Gasteiger partial charge in [-0.3, -0.25) is 0 Å². The first kappa shape index (κ1) is 14.9. The minimum atomic E-state index is -3.67. The monoisotopic (exact) mass is 312 g/mol. The van der Waals surface area contributed by atoms with Crippen LogP contribution < -0.4 is 10.0 Å². The van der Waals surface area contributed by atoms with Crippen LogP contribution >= 0.6 is 0 Å². The van der Waals surface area contributed by atoms with E-state index in [0.29, 0.717) is 23.9 Å². The van der Waals surface area contributed by atoms with Crippen LogP contribution in [0.1, 0.15) is 31.2 Å². The third-order valence-electron chi connectivity index (χ3n) is 4.24. The zero-order valence-electron chi connectivity index (χ0n) is 12.1. The van der Waals surface area contributed by atoms with Gasteiger partial charge in [-0.2, -0.15) is 0 Å². The highest BCUT2D eigenvalue weighted by molar-refractivity contribution is 7.89. The molecule has 0 aliphatic heterocycles. The fourth-order valence-corrected chi connectivity index (χ4v) is 4.47. The van der Waals surface area contributed by atoms with Crippen LogP contribution in [0.3, 0.4) is 0 Å². The predicted octanol–water partition coefficient (Wildman–Crippen LogP) is 2.01. The van der Waals surface area contributed by atoms with Gasteiger partial charge in [-0.15, -0.1) is 0 Å². The first-order chi connectivity index (χ1) is 10.0. The highest BCUT2D eigenvalue weighted by atomic mass is 32.2. The molecule has 3 rings (SSSR count). The van der Waals surface area contributed by atoms with Gasteiger partial charge in [0, 0.05) is 12.6 Å². The lowest BCUT2D eigenvalue weighted by Crippen LogP contribution is -2.38. The van der Waals surface area contributed by atoms with Crippen molar-refractivity contribution in [3.8, 4) is 0 Å². The molecule has 4 nitrogen and oxygen atoms in total. The molecule has 1 aromatic rings. The first-order valence-corrected chi connectivity index (χ1v) is 8.95. The maximum absolute atomic E-state index is 13.5. The van der Waals surface area contributed by atoms with Crippen molar-refractivity contribution in [2.75, 3.05) is 7.05 Å². The summed E-state index contributed by atoms with van der Waals surface area (Å²) in [6, 6.07) is 3.97. The average molecular weight is 312 g/mol. The normalized spacial score (nSPS) is 19.2. The van der Waals surface area contributed by atoms with E-state index in [1.807, 2.05) is 0 Å². The molecule has 0 spiro atoms. The molecule has 0 unspecified atom stereocenters. The molecule has 2 aliphatic rings. The topological polar surface area (TPSA) is 58.2 Å². The largest absolute Gasteiger partial charge is 0.316 e. The minimum absolute atomic E-state index is 0.0284. The summed E-state index contributed by atoms with van der Waals surface area (Å²) in [5, 5.41) is 2.92. The van der Waals surface area contributed by atoms with Crippen molar-refractivity contribution < 1.29 is 12.8 Å². The molecular formula is C15H21FN2O2S. The zero-order valence-corrected chi connectivity index (χ0v) is 12.9. The molecule has 2 saturated carbocycles. The van der Waals surface area contributed by atoms with Crippen LogP contribution in [0.5, 0.6) is 0 Å². The lowest BCUT2D eigenvalue weighted by atomic mass is 10.1. The molecular weight excluding hydrogens is 291 g/mol. The summed E-state index contributed by atoms with van der Waals surface area (Å²) >= 11 is 0. The van der Waals surface area contributed by atoms with E-state index in [4.69, 9.17) is 0 Å². The Morgan fingerprint density at radius 1 is 1.24 bits per heavy atom. The smallest absolute Gasteiger partial charge is 0.241 e. The first-order valence-electron chi connectivity index (χ1n) is 7.46. The SMILES string of the molecule is CNCc1ccc(F)cc1S(=O)(=O)NC(C1CC1)C1CC1. The Kier molecular flexibility index (Phi) is 4.03. The summed E-state index contributed by atoms with van der Waals surface area (Å²) < 4.78 is 41.6. The summed E-state index contributed by atoms with van der Waals surface area (Å²) in [5.74, 6) is 0.409. The maximum Gasteiger partial charge on any atom is 0.241 e. The van der Waals surface area contributed by atoms with Crippen molar-refractivity contribution in [3.63, 3.8) is 0 Å². The summed E-state index contributed by atoms with van der Waals surface area (Å²) in [6.45, 7) is 0.397. The van der Waals surface area contributed by atoms with Gasteiger partial charge < -0.3 is 5.32 Å². The number of benzene rings is 1. The third-order valence-corrected chi connectivity index (χ3v) is 5.78. The lowest BCUT2D eigenvalue weighted by Gasteiger charge is -2.19. The Morgan fingerprint density at radius 3 is 2.38 bits per heavy atom. The fraction of sp³-hybridized carbons (Fsp3) is 0.600. The number of rotatable bonds is 7. The molecule has 0 radical (unpaired) electrons. The van der Waals surface area contributed by atoms with E-state index in [0.717, 1.165) is 31.7 Å². The number of hydrogen-bond acceptors (Lipinski definition) is 3. The number of sulfonamides is 1. The van der Waals surface area contributed by atoms with Crippen LogP contribution in [0, 0.1) is 17.7 Å². The van der Waals surface area contributed by atoms with Crippen LogP contribution in [0.25, 0.3) is 0 Å². The van der Waals surface area contributed by atoms with Crippen LogP contribution in [0.4, 0.5) is 4.39 Å². The number of nitrogens with one attached hydrogen (secondary N) is 2. The van der Waals surface area contributed by atoms with Gasteiger partial charge in [0.05, 0.1) is 4.90 Å². The number of hydrogen-bond donors (Lipinski definition) is 2. The molecule has 2 N–H and O–H groups in total. The molecule has 116 valence electrons. The van der Waals surface area contributed by atoms with Gasteiger partial charge in [-0.05, 0) is 62.3 Å². The van der Waals surface area contributed by atoms with Gasteiger partial charge in [0.25, 0.3) is 0 Å². The van der Waals surface area contributed by atoms with Crippen LogP contribution in [-0.4, -0.2) is 21.5 Å². The molecule has 0 saturated heterocycles. The van der Waals surface area contributed by atoms with E-state index in [-0.39, 0.29) is 10.9 Å². The Morgan fingerprint density at radius 2 is 1.86 bits per heavy atom. The molecule has 0 aromatic heterocycles. The van der Waals surface area contributed by atoms with E-state index in [1.165, 1.54) is 12.1 Å². The quantitative estimate of drug-likeness (QED) is 0.810. The van der Waals surface area contributed by atoms with E-state index in [9.17, 15) is 12.8 Å². The molecule has 0 bridgehead atoms. The van der Waals surface area contributed by atoms with E-state index in [1.54, 1.807) is 7.05 Å². The van der Waals surface area contributed by atoms with Gasteiger partial charge in [-0.1, -0.05) is 6.07 Å². The van der Waals surface area contributed by atoms with Crippen molar-refractivity contribution in [2.24, 2.45) is 11.8 Å². The van der Waals surface area contributed by atoms with E-state index in [2.05, 4.69) is 10.0 Å². The molecule has 21 heavy (non-hydrogen) atoms.